The Kier molecular flexibility index (Phi) is 9.40. The van der Waals surface area contributed by atoms with Gasteiger partial charge in [-0.2, -0.15) is 10.2 Å². The van der Waals surface area contributed by atoms with E-state index in [2.05, 4.69) is 31.1 Å². The number of phenols is 2. The molecular weight excluding hydrogens is 764 g/mol. The number of azo groups is 2. The lowest BCUT2D eigenvalue weighted by molar-refractivity contribution is 0.101. The highest BCUT2D eigenvalue weighted by molar-refractivity contribution is 6.34. The van der Waals surface area contributed by atoms with Gasteiger partial charge in [0.05, 0.1) is 33.2 Å². The fourth-order valence-electron chi connectivity index (χ4n) is 7.05. The Labute approximate surface area is 341 Å². The highest BCUT2D eigenvalue weighted by atomic mass is 35.5. The van der Waals surface area contributed by atoms with E-state index in [-0.39, 0.29) is 39.8 Å². The number of halogens is 1. The summed E-state index contributed by atoms with van der Waals surface area (Å²) in [5.41, 5.74) is 4.05. The minimum atomic E-state index is -0.581. The molecule has 2 amide bonds. The summed E-state index contributed by atoms with van der Waals surface area (Å²) in [6.45, 7) is 0. The number of phenolic OH excluding ortho intramolecular Hbond substituents is 2. The molecule has 1 aliphatic rings. The molecule has 9 rings (SSSR count). The van der Waals surface area contributed by atoms with Crippen molar-refractivity contribution in [2.24, 2.45) is 20.5 Å². The van der Waals surface area contributed by atoms with Crippen LogP contribution in [0.4, 0.5) is 34.1 Å². The average molecular weight is 793 g/mol. The molecule has 1 aliphatic carbocycles. The van der Waals surface area contributed by atoms with E-state index in [1.807, 2.05) is 24.3 Å². The largest absolute Gasteiger partial charge is 0.505 e. The maximum absolute atomic E-state index is 13.8. The lowest BCUT2D eigenvalue weighted by atomic mass is 10.0. The molecule has 0 saturated carbocycles. The van der Waals surface area contributed by atoms with Gasteiger partial charge in [0.1, 0.15) is 11.4 Å². The number of carbonyl (C=O) groups excluding carboxylic acids is 3. The lowest BCUT2D eigenvalue weighted by Gasteiger charge is -2.12. The molecule has 59 heavy (non-hydrogen) atoms. The van der Waals surface area contributed by atoms with Gasteiger partial charge in [0.2, 0.25) is 0 Å². The van der Waals surface area contributed by atoms with Crippen molar-refractivity contribution in [3.8, 4) is 22.6 Å². The van der Waals surface area contributed by atoms with Crippen LogP contribution in [0, 0.1) is 0 Å². The van der Waals surface area contributed by atoms with Gasteiger partial charge in [-0.3, -0.25) is 14.4 Å². The van der Waals surface area contributed by atoms with Gasteiger partial charge in [0.15, 0.2) is 17.3 Å². The van der Waals surface area contributed by atoms with E-state index in [9.17, 15) is 24.6 Å². The van der Waals surface area contributed by atoms with E-state index < -0.39 is 11.8 Å². The van der Waals surface area contributed by atoms with Crippen LogP contribution < -0.4 is 10.6 Å². The van der Waals surface area contributed by atoms with Crippen LogP contribution in [0.15, 0.2) is 172 Å². The monoisotopic (exact) mass is 792 g/mol. The van der Waals surface area contributed by atoms with Gasteiger partial charge in [-0.15, -0.1) is 10.2 Å². The second-order valence-electron chi connectivity index (χ2n) is 13.6. The quantitative estimate of drug-likeness (QED) is 0.112. The highest BCUT2D eigenvalue weighted by Gasteiger charge is 2.28. The van der Waals surface area contributed by atoms with Crippen LogP contribution in [-0.2, 0) is 0 Å². The van der Waals surface area contributed by atoms with Crippen molar-refractivity contribution < 1.29 is 24.6 Å². The van der Waals surface area contributed by atoms with E-state index in [1.165, 1.54) is 0 Å². The molecular formula is C47H29ClN6O5. The molecule has 0 saturated heterocycles. The second kappa shape index (κ2) is 15.1. The van der Waals surface area contributed by atoms with Crippen LogP contribution >= 0.6 is 11.6 Å². The Morgan fingerprint density at radius 2 is 0.966 bits per heavy atom. The Balaban J connectivity index is 0.996. The van der Waals surface area contributed by atoms with Crippen LogP contribution in [0.2, 0.25) is 5.02 Å². The Hall–Kier alpha value is -8.02. The summed E-state index contributed by atoms with van der Waals surface area (Å²) in [6.07, 6.45) is 0. The molecule has 0 unspecified atom stereocenters. The standard InChI is InChI=1S/C47H29ClN6O5/c48-39-16-8-9-17-40(39)50-47(59)38-23-27-11-5-7-15-32(27)42(45(38)57)54-52-30-19-21-34-33-20-18-29(24-35(33)43(55)36(34)25-30)51-53-41-31-14-6-4-10-26(31)22-37(44(41)56)46(58)49-28-12-2-1-3-13-28/h1-25,56-57H,(H,49,58)(H,50,59). The number of hydrogen-bond acceptors (Lipinski definition) is 9. The van der Waals surface area contributed by atoms with Gasteiger partial charge in [0.25, 0.3) is 11.8 Å². The van der Waals surface area contributed by atoms with E-state index in [1.54, 1.807) is 127 Å². The number of nitrogens with one attached hydrogen (secondary N) is 2. The molecule has 0 spiro atoms. The van der Waals surface area contributed by atoms with E-state index in [4.69, 9.17) is 11.6 Å². The normalized spacial score (nSPS) is 12.0. The van der Waals surface area contributed by atoms with Crippen LogP contribution in [0.3, 0.4) is 0 Å². The molecule has 0 radical (unpaired) electrons. The number of carbonyl (C=O) groups is 3. The molecule has 8 aromatic carbocycles. The predicted octanol–water partition coefficient (Wildman–Crippen LogP) is 12.6. The zero-order valence-corrected chi connectivity index (χ0v) is 31.5. The minimum absolute atomic E-state index is 0.0187. The molecule has 8 aromatic rings. The van der Waals surface area contributed by atoms with Gasteiger partial charge in [-0.1, -0.05) is 103 Å². The molecule has 11 nitrogen and oxygen atoms in total. The molecule has 0 aliphatic heterocycles. The van der Waals surface area contributed by atoms with Gasteiger partial charge < -0.3 is 20.8 Å². The first-order valence-corrected chi connectivity index (χ1v) is 18.7. The summed E-state index contributed by atoms with van der Waals surface area (Å²) < 4.78 is 0. The molecule has 4 N–H and O–H groups in total. The number of aromatic hydroxyl groups is 2. The highest BCUT2D eigenvalue weighted by Crippen LogP contribution is 2.44. The number of ketones is 1. The summed E-state index contributed by atoms with van der Waals surface area (Å²) in [4.78, 5) is 40.5. The van der Waals surface area contributed by atoms with Crippen LogP contribution in [0.1, 0.15) is 36.6 Å². The van der Waals surface area contributed by atoms with Crippen molar-refractivity contribution in [3.05, 3.63) is 179 Å². The number of benzene rings is 8. The Bertz CT molecular complexity index is 3110. The zero-order valence-electron chi connectivity index (χ0n) is 30.7. The van der Waals surface area contributed by atoms with Crippen molar-refractivity contribution in [1.82, 2.24) is 0 Å². The summed E-state index contributed by atoms with van der Waals surface area (Å²) >= 11 is 6.26. The summed E-state index contributed by atoms with van der Waals surface area (Å²) in [7, 11) is 0. The molecule has 0 atom stereocenters. The zero-order chi connectivity index (χ0) is 40.6. The van der Waals surface area contributed by atoms with Gasteiger partial charge in [-0.25, -0.2) is 0 Å². The number of rotatable bonds is 8. The first-order chi connectivity index (χ1) is 28.7. The second-order valence-corrected chi connectivity index (χ2v) is 14.0. The van der Waals surface area contributed by atoms with Gasteiger partial charge in [0, 0.05) is 27.6 Å². The maximum atomic E-state index is 13.8. The van der Waals surface area contributed by atoms with Gasteiger partial charge in [-0.05, 0) is 82.6 Å². The fourth-order valence-corrected chi connectivity index (χ4v) is 7.23. The Morgan fingerprint density at radius 1 is 0.492 bits per heavy atom. The molecule has 284 valence electrons. The topological polar surface area (TPSA) is 165 Å². The van der Waals surface area contributed by atoms with Crippen molar-refractivity contribution >= 4 is 84.9 Å². The summed E-state index contributed by atoms with van der Waals surface area (Å²) in [6, 6.07) is 43.5. The average Bonchev–Trinajstić information content (AvgIpc) is 3.53. The van der Waals surface area contributed by atoms with Crippen molar-refractivity contribution in [2.45, 2.75) is 0 Å². The number of anilines is 2. The first kappa shape index (κ1) is 36.6. The molecule has 12 heteroatoms. The molecule has 0 bridgehead atoms. The predicted molar refractivity (Wildman–Crippen MR) is 229 cm³/mol. The number of hydrogen-bond donors (Lipinski definition) is 4. The maximum Gasteiger partial charge on any atom is 0.259 e. The van der Waals surface area contributed by atoms with Crippen LogP contribution in [0.5, 0.6) is 11.5 Å². The van der Waals surface area contributed by atoms with Crippen molar-refractivity contribution in [1.29, 1.82) is 0 Å². The third-order valence-electron chi connectivity index (χ3n) is 9.95. The minimum Gasteiger partial charge on any atom is -0.505 e. The van der Waals surface area contributed by atoms with E-state index >= 15 is 0 Å². The van der Waals surface area contributed by atoms with Crippen LogP contribution in [-0.4, -0.2) is 27.8 Å². The number of nitrogens with zero attached hydrogens (tertiary/aromatic N) is 4. The first-order valence-electron chi connectivity index (χ1n) is 18.3. The van der Waals surface area contributed by atoms with Crippen molar-refractivity contribution in [3.63, 3.8) is 0 Å². The Morgan fingerprint density at radius 3 is 1.51 bits per heavy atom. The van der Waals surface area contributed by atoms with E-state index in [0.29, 0.717) is 71.6 Å². The van der Waals surface area contributed by atoms with E-state index in [0.717, 1.165) is 0 Å². The smallest absolute Gasteiger partial charge is 0.259 e. The SMILES string of the molecule is O=C1c2cc(N=Nc3c(O)c(C(=O)Nc4ccccc4)cc4ccccc34)ccc2-c2ccc(N=Nc3c(O)c(C(=O)Nc4ccccc4Cl)cc4ccccc34)cc21. The number of amides is 2. The molecule has 0 aromatic heterocycles. The molecule has 0 heterocycles. The summed E-state index contributed by atoms with van der Waals surface area (Å²) in [5.74, 6) is -2.05. The fraction of sp³-hybridized carbons (Fsp3) is 0. The third-order valence-corrected chi connectivity index (χ3v) is 10.3. The lowest BCUT2D eigenvalue weighted by Crippen LogP contribution is -2.12. The van der Waals surface area contributed by atoms with Crippen LogP contribution in [0.25, 0.3) is 32.7 Å². The molecule has 0 fully saturated rings. The number of para-hydroxylation sites is 2. The third kappa shape index (κ3) is 6.92. The number of fused-ring (bicyclic) bond motifs is 5. The van der Waals surface area contributed by atoms with Gasteiger partial charge >= 0.3 is 0 Å². The summed E-state index contributed by atoms with van der Waals surface area (Å²) in [5, 5.41) is 48.6. The van der Waals surface area contributed by atoms with Crippen molar-refractivity contribution in [2.75, 3.05) is 10.6 Å².